The summed E-state index contributed by atoms with van der Waals surface area (Å²) in [5.41, 5.74) is -1.37. The second kappa shape index (κ2) is 16.2. The number of nitro groups is 2. The second-order valence-electron chi connectivity index (χ2n) is 13.1. The van der Waals surface area contributed by atoms with Crippen LogP contribution in [0.15, 0.2) is 83.3 Å². The summed E-state index contributed by atoms with van der Waals surface area (Å²) < 4.78 is 43.7. The third kappa shape index (κ3) is 8.03. The average Bonchev–Trinajstić information content (AvgIpc) is 3.73. The number of aromatic carboxylic acids is 1. The summed E-state index contributed by atoms with van der Waals surface area (Å²) in [6.45, 7) is 2.25. The van der Waals surface area contributed by atoms with Crippen LogP contribution in [0.4, 0.5) is 21.9 Å². The number of carboxylic acid groups (broad SMARTS) is 1. The number of ether oxygens (including phenoxy) is 2. The third-order valence-corrected chi connectivity index (χ3v) is 11.0. The van der Waals surface area contributed by atoms with Crippen molar-refractivity contribution in [1.29, 1.82) is 0 Å². The predicted octanol–water partition coefficient (Wildman–Crippen LogP) is 4.47. The van der Waals surface area contributed by atoms with Crippen LogP contribution in [0, 0.1) is 32.1 Å². The van der Waals surface area contributed by atoms with Gasteiger partial charge in [0.2, 0.25) is 11.8 Å². The fourth-order valence-corrected chi connectivity index (χ4v) is 8.29. The first kappa shape index (κ1) is 34.2. The van der Waals surface area contributed by atoms with Gasteiger partial charge in [-0.15, -0.1) is 11.8 Å². The summed E-state index contributed by atoms with van der Waals surface area (Å²) in [5.74, 6) is -5.64. The number of nitrogens with one attached hydrogen (secondary N) is 1. The van der Waals surface area contributed by atoms with Gasteiger partial charge in [-0.2, -0.15) is 0 Å². The maximum atomic E-state index is 14.0. The summed E-state index contributed by atoms with van der Waals surface area (Å²) in [6.07, 6.45) is -2.28. The van der Waals surface area contributed by atoms with E-state index in [1.54, 1.807) is 6.92 Å². The van der Waals surface area contributed by atoms with Crippen LogP contribution in [-0.2, 0) is 37.1 Å². The van der Waals surface area contributed by atoms with E-state index in [0.717, 1.165) is 16.7 Å². The Morgan fingerprint density at radius 1 is 1.00 bits per heavy atom. The van der Waals surface area contributed by atoms with Gasteiger partial charge in [0, 0.05) is 52.6 Å². The molecule has 0 unspecified atom stereocenters. The van der Waals surface area contributed by atoms with Gasteiger partial charge >= 0.3 is 18.0 Å². The van der Waals surface area contributed by atoms with E-state index in [1.165, 1.54) is 60.4 Å². The van der Waals surface area contributed by atoms with Gasteiger partial charge in [0.05, 0.1) is 39.0 Å². The van der Waals surface area contributed by atoms with Crippen molar-refractivity contribution in [2.24, 2.45) is 11.8 Å². The van der Waals surface area contributed by atoms with Gasteiger partial charge in [0.25, 0.3) is 11.4 Å². The number of carbonyl (C=O) groups excluding carboxylic acids is 4. The molecular formula is C37H35N5O13S. The lowest BCUT2D eigenvalue weighted by atomic mass is 9.79. The quantitative estimate of drug-likeness (QED) is 0.0936. The predicted molar refractivity (Wildman–Crippen MR) is 197 cm³/mol. The van der Waals surface area contributed by atoms with Crippen molar-refractivity contribution in [2.75, 3.05) is 11.9 Å². The minimum atomic E-state index is -1.75. The summed E-state index contributed by atoms with van der Waals surface area (Å²) in [4.78, 5) is 90.3. The van der Waals surface area contributed by atoms with Gasteiger partial charge in [-0.05, 0) is 66.9 Å². The first-order chi connectivity index (χ1) is 28.3. The fraction of sp³-hybridized carbons (Fsp3) is 0.324. The molecule has 0 bridgehead atoms. The highest BCUT2D eigenvalue weighted by Crippen LogP contribution is 2.52. The first-order valence-electron chi connectivity index (χ1n) is 19.0. The highest BCUT2D eigenvalue weighted by Gasteiger charge is 2.60. The molecule has 3 aliphatic heterocycles. The van der Waals surface area contributed by atoms with Crippen LogP contribution in [-0.4, -0.2) is 89.7 Å². The number of nitro benzene ring substituents is 2. The lowest BCUT2D eigenvalue weighted by molar-refractivity contribution is -0.385. The number of hydrogen-bond acceptors (Lipinski definition) is 13. The summed E-state index contributed by atoms with van der Waals surface area (Å²) in [7, 11) is 0. The van der Waals surface area contributed by atoms with Crippen molar-refractivity contribution in [3.05, 3.63) is 120 Å². The average molecular weight is 794 g/mol. The highest BCUT2D eigenvalue weighted by molar-refractivity contribution is 8.03. The van der Waals surface area contributed by atoms with Gasteiger partial charge in [-0.3, -0.25) is 34.7 Å². The van der Waals surface area contributed by atoms with Crippen LogP contribution in [0.25, 0.3) is 0 Å². The van der Waals surface area contributed by atoms with E-state index in [1.807, 2.05) is 0 Å². The Bertz CT molecular complexity index is 2350. The molecule has 6 atom stereocenters. The molecule has 0 aliphatic carbocycles. The highest BCUT2D eigenvalue weighted by atomic mass is 32.2. The molecule has 0 aromatic heterocycles. The zero-order valence-electron chi connectivity index (χ0n) is 33.5. The van der Waals surface area contributed by atoms with E-state index in [2.05, 4.69) is 5.32 Å². The lowest BCUT2D eigenvalue weighted by Gasteiger charge is -2.46. The molecule has 18 nitrogen and oxygen atoms in total. The van der Waals surface area contributed by atoms with Crippen LogP contribution in [0.3, 0.4) is 0 Å². The maximum Gasteiger partial charge on any atom is 0.410 e. The number of aliphatic hydroxyl groups is 1. The molecule has 2 fully saturated rings. The monoisotopic (exact) mass is 793 g/mol. The molecule has 3 heterocycles. The Morgan fingerprint density at radius 2 is 1.59 bits per heavy atom. The summed E-state index contributed by atoms with van der Waals surface area (Å²) >= 11 is 1.06. The number of esters is 1. The normalized spacial score (nSPS) is 22.8. The van der Waals surface area contributed by atoms with Crippen molar-refractivity contribution >= 4 is 58.7 Å². The minimum absolute atomic E-state index is 0.126. The van der Waals surface area contributed by atoms with E-state index in [4.69, 9.17) is 15.0 Å². The number of aliphatic hydroxyl groups excluding tert-OH is 1. The number of anilines is 1. The van der Waals surface area contributed by atoms with Crippen LogP contribution in [0.1, 0.15) is 47.2 Å². The molecule has 56 heavy (non-hydrogen) atoms. The van der Waals surface area contributed by atoms with Gasteiger partial charge in [0.15, 0.2) is 0 Å². The molecule has 0 spiro atoms. The van der Waals surface area contributed by atoms with Gasteiger partial charge in [0.1, 0.15) is 25.0 Å². The molecule has 3 aromatic carbocycles. The maximum absolute atomic E-state index is 14.0. The molecule has 2 saturated heterocycles. The molecule has 3 aromatic rings. The lowest BCUT2D eigenvalue weighted by Crippen LogP contribution is -2.63. The van der Waals surface area contributed by atoms with Gasteiger partial charge in [-0.1, -0.05) is 13.0 Å². The van der Waals surface area contributed by atoms with Gasteiger partial charge < -0.3 is 29.9 Å². The van der Waals surface area contributed by atoms with E-state index in [-0.39, 0.29) is 43.3 Å². The van der Waals surface area contributed by atoms with Crippen LogP contribution < -0.4 is 5.32 Å². The molecule has 3 aliphatic rings. The van der Waals surface area contributed by atoms with Crippen molar-refractivity contribution in [1.82, 2.24) is 9.80 Å². The smallest absolute Gasteiger partial charge is 0.410 e. The van der Waals surface area contributed by atoms with E-state index >= 15 is 0 Å². The number of rotatable bonds is 13. The fourth-order valence-electron chi connectivity index (χ4n) is 6.77. The number of hydrogen-bond donors (Lipinski definition) is 3. The number of benzene rings is 3. The Labute approximate surface area is 328 Å². The van der Waals surface area contributed by atoms with E-state index < -0.39 is 110 Å². The standard InChI is InChI=1S/C37H35N5O13S/c1-19-30-29(20(2)43)34(45)40(30)31(36(48)54-17-21-6-10-25(11-7-21)41(50)51)32(19)56-27-15-28(33(44)38-24-5-3-4-23(14-24)35(46)47)39(16-27)37(49)55-18-22-8-12-26(13-9-22)42(52)53/h3-14,19-20,27-30,43H,15-18H2,1-2H3,(H,38,44)(H,46,47)/t19-,20-,27+,28+,29-,30-/m1/s1/i3D,4D,5D,14D. The van der Waals surface area contributed by atoms with Crippen LogP contribution in [0.5, 0.6) is 0 Å². The minimum Gasteiger partial charge on any atom is -0.478 e. The number of β-lactam (4-membered cyclic amide) rings is 1. The Morgan fingerprint density at radius 3 is 2.14 bits per heavy atom. The number of likely N-dealkylation sites (tertiary alicyclic amines) is 1. The number of thioether (sulfide) groups is 1. The Balaban J connectivity index is 1.30. The number of carbonyl (C=O) groups is 5. The number of nitrogens with zero attached hydrogens (tertiary/aromatic N) is 4. The largest absolute Gasteiger partial charge is 0.478 e. The second-order valence-corrected chi connectivity index (χ2v) is 14.5. The molecule has 292 valence electrons. The Hall–Kier alpha value is -6.34. The summed E-state index contributed by atoms with van der Waals surface area (Å²) in [6, 6.07) is 4.79. The molecule has 3 amide bonds. The SMILES string of the molecule is [2H]c1c([2H])c(NC(=O)[C@@H]2C[C@H](SC3=C(C(=O)OCc4ccc([N+](=O)[O-])cc4)N4C(=O)[C@H]([C@@H](C)O)[C@H]4[C@H]3C)CN2C(=O)OCc2ccc([N+](=O)[O-])cc2)c([2H])c(C(=O)O)c1[2H]. The molecular weight excluding hydrogens is 754 g/mol. The number of carboxylic acids is 1. The topological polar surface area (TPSA) is 249 Å². The Kier molecular flexibility index (Phi) is 9.87. The van der Waals surface area contributed by atoms with Crippen molar-refractivity contribution in [2.45, 2.75) is 56.9 Å². The molecule has 0 saturated carbocycles. The number of fused-ring (bicyclic) bond motifs is 1. The third-order valence-electron chi connectivity index (χ3n) is 9.51. The summed E-state index contributed by atoms with van der Waals surface area (Å²) in [5, 5.41) is 43.8. The van der Waals surface area contributed by atoms with Crippen LogP contribution >= 0.6 is 11.8 Å². The van der Waals surface area contributed by atoms with Crippen molar-refractivity contribution in [3.8, 4) is 0 Å². The van der Waals surface area contributed by atoms with Crippen molar-refractivity contribution in [3.63, 3.8) is 0 Å². The molecule has 3 N–H and O–H groups in total. The molecule has 0 radical (unpaired) electrons. The number of amides is 3. The molecule has 19 heteroatoms. The van der Waals surface area contributed by atoms with Crippen LogP contribution in [0.2, 0.25) is 0 Å². The zero-order valence-corrected chi connectivity index (χ0v) is 30.3. The van der Waals surface area contributed by atoms with E-state index in [0.29, 0.717) is 16.0 Å². The zero-order chi connectivity index (χ0) is 43.9. The molecule has 6 rings (SSSR count). The number of non-ortho nitro benzene ring substituents is 2. The van der Waals surface area contributed by atoms with E-state index in [9.17, 15) is 54.4 Å². The van der Waals surface area contributed by atoms with Crippen molar-refractivity contribution < 1.29 is 59.0 Å². The van der Waals surface area contributed by atoms with Gasteiger partial charge in [-0.25, -0.2) is 14.4 Å². The first-order valence-corrected chi connectivity index (χ1v) is 17.8.